The molecular weight excluding hydrogens is 424 g/mol. The minimum absolute atomic E-state index is 0.594. The summed E-state index contributed by atoms with van der Waals surface area (Å²) in [6, 6.07) is 7.87. The van der Waals surface area contributed by atoms with Crippen LogP contribution in [0.15, 0.2) is 36.7 Å². The molecule has 0 atom stereocenters. The van der Waals surface area contributed by atoms with Gasteiger partial charge in [-0.1, -0.05) is 12.1 Å². The van der Waals surface area contributed by atoms with Crippen molar-refractivity contribution in [3.8, 4) is 11.8 Å². The molecule has 182 valence electrons. The predicted molar refractivity (Wildman–Crippen MR) is 125 cm³/mol. The summed E-state index contributed by atoms with van der Waals surface area (Å²) in [4.78, 5) is 13.3. The van der Waals surface area contributed by atoms with Crippen molar-refractivity contribution in [1.29, 1.82) is 0 Å². The summed E-state index contributed by atoms with van der Waals surface area (Å²) in [5.41, 5.74) is 2.27. The summed E-state index contributed by atoms with van der Waals surface area (Å²) in [6.45, 7) is 8.71. The highest BCUT2D eigenvalue weighted by Gasteiger charge is 2.10. The summed E-state index contributed by atoms with van der Waals surface area (Å²) in [7, 11) is 3.25. The van der Waals surface area contributed by atoms with E-state index in [-0.39, 0.29) is 0 Å². The van der Waals surface area contributed by atoms with Gasteiger partial charge in [-0.2, -0.15) is 0 Å². The van der Waals surface area contributed by atoms with Crippen LogP contribution in [0.4, 0.5) is 0 Å². The SMILES string of the molecule is COc1ccc(CN2CCOCCOCCN(Cc3ccc(OC)nc3)CCOCC2)cn1. The van der Waals surface area contributed by atoms with E-state index < -0.39 is 0 Å². The Bertz CT molecular complexity index is 710. The van der Waals surface area contributed by atoms with E-state index >= 15 is 0 Å². The van der Waals surface area contributed by atoms with Crippen LogP contribution in [0.5, 0.6) is 11.8 Å². The van der Waals surface area contributed by atoms with E-state index in [2.05, 4.69) is 19.8 Å². The fourth-order valence-corrected chi connectivity index (χ4v) is 3.51. The first-order valence-electron chi connectivity index (χ1n) is 11.4. The Kier molecular flexibility index (Phi) is 11.3. The Morgan fingerprint density at radius 3 is 1.36 bits per heavy atom. The van der Waals surface area contributed by atoms with Gasteiger partial charge < -0.3 is 23.7 Å². The zero-order valence-corrected chi connectivity index (χ0v) is 19.8. The topological polar surface area (TPSA) is 78.4 Å². The number of pyridine rings is 2. The molecule has 2 aromatic rings. The summed E-state index contributed by atoms with van der Waals surface area (Å²) < 4.78 is 27.8. The van der Waals surface area contributed by atoms with Gasteiger partial charge in [-0.05, 0) is 11.1 Å². The summed E-state index contributed by atoms with van der Waals surface area (Å²) >= 11 is 0. The van der Waals surface area contributed by atoms with Crippen molar-refractivity contribution in [2.75, 3.05) is 80.0 Å². The van der Waals surface area contributed by atoms with Crippen LogP contribution in [-0.2, 0) is 27.3 Å². The zero-order valence-electron chi connectivity index (χ0n) is 19.8. The van der Waals surface area contributed by atoms with E-state index in [0.717, 1.165) is 50.4 Å². The van der Waals surface area contributed by atoms with Crippen molar-refractivity contribution in [3.63, 3.8) is 0 Å². The Morgan fingerprint density at radius 1 is 0.636 bits per heavy atom. The van der Waals surface area contributed by atoms with E-state index in [1.807, 2.05) is 36.7 Å². The van der Waals surface area contributed by atoms with Crippen LogP contribution in [0, 0.1) is 0 Å². The van der Waals surface area contributed by atoms with Gasteiger partial charge in [0.25, 0.3) is 0 Å². The predicted octanol–water partition coefficient (Wildman–Crippen LogP) is 1.86. The van der Waals surface area contributed by atoms with Crippen LogP contribution in [-0.4, -0.2) is 99.8 Å². The highest BCUT2D eigenvalue weighted by Crippen LogP contribution is 2.11. The highest BCUT2D eigenvalue weighted by atomic mass is 16.5. The maximum Gasteiger partial charge on any atom is 0.212 e. The number of rotatable bonds is 6. The molecule has 0 N–H and O–H groups in total. The third-order valence-corrected chi connectivity index (χ3v) is 5.41. The van der Waals surface area contributed by atoms with Crippen LogP contribution in [0.1, 0.15) is 11.1 Å². The Morgan fingerprint density at radius 2 is 1.03 bits per heavy atom. The molecule has 9 heteroatoms. The average Bonchev–Trinajstić information content (AvgIpc) is 2.86. The molecule has 2 aromatic heterocycles. The van der Waals surface area contributed by atoms with Crippen LogP contribution < -0.4 is 9.47 Å². The van der Waals surface area contributed by atoms with E-state index in [1.54, 1.807) is 14.2 Å². The highest BCUT2D eigenvalue weighted by molar-refractivity contribution is 5.18. The van der Waals surface area contributed by atoms with E-state index in [1.165, 1.54) is 0 Å². The minimum Gasteiger partial charge on any atom is -0.481 e. The van der Waals surface area contributed by atoms with Gasteiger partial charge in [0.1, 0.15) is 0 Å². The third kappa shape index (κ3) is 9.61. The first kappa shape index (κ1) is 25.3. The van der Waals surface area contributed by atoms with E-state index in [4.69, 9.17) is 23.7 Å². The Balaban J connectivity index is 1.50. The second-order valence-corrected chi connectivity index (χ2v) is 7.81. The summed E-state index contributed by atoms with van der Waals surface area (Å²) in [5, 5.41) is 0. The molecule has 0 aromatic carbocycles. The molecule has 3 heterocycles. The van der Waals surface area contributed by atoms with Gasteiger partial charge >= 0.3 is 0 Å². The van der Waals surface area contributed by atoms with Gasteiger partial charge in [0.15, 0.2) is 0 Å². The largest absolute Gasteiger partial charge is 0.481 e. The van der Waals surface area contributed by atoms with Gasteiger partial charge in [-0.25, -0.2) is 9.97 Å². The van der Waals surface area contributed by atoms with Crippen molar-refractivity contribution < 1.29 is 23.7 Å². The monoisotopic (exact) mass is 460 g/mol. The maximum absolute atomic E-state index is 5.98. The second-order valence-electron chi connectivity index (χ2n) is 7.81. The fraction of sp³-hybridized carbons (Fsp3) is 0.583. The number of ether oxygens (including phenoxy) is 5. The molecule has 0 bridgehead atoms. The summed E-state index contributed by atoms with van der Waals surface area (Å²) in [6.07, 6.45) is 3.71. The number of methoxy groups -OCH3 is 2. The minimum atomic E-state index is 0.594. The number of hydrogen-bond donors (Lipinski definition) is 0. The van der Waals surface area contributed by atoms with Crippen LogP contribution in [0.3, 0.4) is 0 Å². The van der Waals surface area contributed by atoms with Gasteiger partial charge in [0.05, 0.1) is 53.9 Å². The Hall–Kier alpha value is -2.30. The molecule has 0 amide bonds. The normalized spacial score (nSPS) is 18.2. The molecule has 9 nitrogen and oxygen atoms in total. The quantitative estimate of drug-likeness (QED) is 0.642. The number of nitrogens with zero attached hydrogens (tertiary/aromatic N) is 4. The lowest BCUT2D eigenvalue weighted by Crippen LogP contribution is -2.32. The lowest BCUT2D eigenvalue weighted by atomic mass is 10.2. The molecule has 1 fully saturated rings. The van der Waals surface area contributed by atoms with Crippen molar-refractivity contribution in [2.45, 2.75) is 13.1 Å². The lowest BCUT2D eigenvalue weighted by molar-refractivity contribution is 0.0310. The molecule has 0 unspecified atom stereocenters. The Labute approximate surface area is 196 Å². The van der Waals surface area contributed by atoms with Gasteiger partial charge in [-0.3, -0.25) is 9.80 Å². The summed E-state index contributed by atoms with van der Waals surface area (Å²) in [5.74, 6) is 1.25. The van der Waals surface area contributed by atoms with Crippen molar-refractivity contribution in [3.05, 3.63) is 47.8 Å². The molecule has 0 saturated carbocycles. The van der Waals surface area contributed by atoms with Gasteiger partial charge in [-0.15, -0.1) is 0 Å². The van der Waals surface area contributed by atoms with E-state index in [0.29, 0.717) is 51.4 Å². The van der Waals surface area contributed by atoms with Crippen LogP contribution >= 0.6 is 0 Å². The second kappa shape index (κ2) is 14.8. The molecule has 1 aliphatic rings. The van der Waals surface area contributed by atoms with Gasteiger partial charge in [0.2, 0.25) is 11.8 Å². The molecular formula is C24H36N4O5. The first-order chi connectivity index (χ1) is 16.3. The fourth-order valence-electron chi connectivity index (χ4n) is 3.51. The van der Waals surface area contributed by atoms with Crippen LogP contribution in [0.2, 0.25) is 0 Å². The zero-order chi connectivity index (χ0) is 23.1. The smallest absolute Gasteiger partial charge is 0.212 e. The molecule has 0 aliphatic carbocycles. The first-order valence-corrected chi connectivity index (χ1v) is 11.4. The standard InChI is InChI=1S/C24H36N4O5/c1-29-23-5-3-21(17-25-23)19-27-7-11-31-12-8-28(10-14-33-16-15-32-13-9-27)20-22-4-6-24(30-2)26-18-22/h3-6,17-18H,7-16,19-20H2,1-2H3. The molecule has 0 spiro atoms. The van der Waals surface area contributed by atoms with Gasteiger partial charge in [0, 0.05) is 63.8 Å². The van der Waals surface area contributed by atoms with E-state index in [9.17, 15) is 0 Å². The molecule has 33 heavy (non-hydrogen) atoms. The number of hydrogen-bond acceptors (Lipinski definition) is 9. The van der Waals surface area contributed by atoms with Crippen molar-refractivity contribution >= 4 is 0 Å². The third-order valence-electron chi connectivity index (χ3n) is 5.41. The molecule has 0 radical (unpaired) electrons. The molecule has 1 saturated heterocycles. The average molecular weight is 461 g/mol. The number of aromatic nitrogens is 2. The van der Waals surface area contributed by atoms with Crippen molar-refractivity contribution in [2.24, 2.45) is 0 Å². The maximum atomic E-state index is 5.98. The lowest BCUT2D eigenvalue weighted by Gasteiger charge is -2.23. The molecule has 1 aliphatic heterocycles. The van der Waals surface area contributed by atoms with Crippen LogP contribution in [0.25, 0.3) is 0 Å². The molecule has 3 rings (SSSR count). The van der Waals surface area contributed by atoms with Crippen molar-refractivity contribution in [1.82, 2.24) is 19.8 Å².